The summed E-state index contributed by atoms with van der Waals surface area (Å²) in [6, 6.07) is 7.22. The maximum Gasteiger partial charge on any atom is 0.311 e. The van der Waals surface area contributed by atoms with Gasteiger partial charge in [-0.3, -0.25) is 10.1 Å². The minimum absolute atomic E-state index is 0.0103. The molecule has 2 atom stereocenters. The summed E-state index contributed by atoms with van der Waals surface area (Å²) in [7, 11) is -1.33. The topological polar surface area (TPSA) is 115 Å². The summed E-state index contributed by atoms with van der Waals surface area (Å²) < 4.78 is 31.6. The van der Waals surface area contributed by atoms with Crippen molar-refractivity contribution >= 4 is 28.2 Å². The number of hydrogen-bond acceptors (Lipinski definition) is 6. The first-order valence-electron chi connectivity index (χ1n) is 10.1. The lowest BCUT2D eigenvalue weighted by Crippen LogP contribution is -2.35. The lowest BCUT2D eigenvalue weighted by Gasteiger charge is -2.22. The molecule has 0 radical (unpaired) electrons. The molecule has 32 heavy (non-hydrogen) atoms. The van der Waals surface area contributed by atoms with E-state index < -0.39 is 26.5 Å². The van der Waals surface area contributed by atoms with Crippen LogP contribution in [0.25, 0.3) is 5.82 Å². The molecule has 0 spiro atoms. The molecule has 1 aromatic carbocycles. The van der Waals surface area contributed by atoms with Crippen LogP contribution in [-0.2, 0) is 17.4 Å². The normalized spacial score (nSPS) is 16.6. The summed E-state index contributed by atoms with van der Waals surface area (Å²) in [5.41, 5.74) is 1.37. The van der Waals surface area contributed by atoms with E-state index in [1.165, 1.54) is 22.9 Å². The van der Waals surface area contributed by atoms with Crippen molar-refractivity contribution < 1.29 is 13.5 Å². The lowest BCUT2D eigenvalue weighted by molar-refractivity contribution is -0.384. The van der Waals surface area contributed by atoms with Crippen LogP contribution in [0.4, 0.5) is 21.6 Å². The second kappa shape index (κ2) is 8.40. The van der Waals surface area contributed by atoms with Gasteiger partial charge in [-0.15, -0.1) is 0 Å². The second-order valence-electron chi connectivity index (χ2n) is 8.49. The molecule has 0 saturated heterocycles. The molecule has 1 aliphatic rings. The molecule has 2 aromatic heterocycles. The summed E-state index contributed by atoms with van der Waals surface area (Å²) in [4.78, 5) is 15.2. The monoisotopic (exact) mass is 458 g/mol. The Kier molecular flexibility index (Phi) is 5.78. The van der Waals surface area contributed by atoms with Crippen LogP contribution in [0.5, 0.6) is 0 Å². The van der Waals surface area contributed by atoms with E-state index in [0.29, 0.717) is 29.9 Å². The summed E-state index contributed by atoms with van der Waals surface area (Å²) in [6.07, 6.45) is 4.46. The molecule has 2 N–H and O–H groups in total. The molecule has 11 heteroatoms. The van der Waals surface area contributed by atoms with Gasteiger partial charge in [0.15, 0.2) is 5.82 Å². The predicted molar refractivity (Wildman–Crippen MR) is 120 cm³/mol. The fraction of sp³-hybridized carbons (Fsp3) is 0.333. The van der Waals surface area contributed by atoms with E-state index in [4.69, 9.17) is 0 Å². The number of halogens is 1. The van der Waals surface area contributed by atoms with Crippen LogP contribution in [0.1, 0.15) is 44.4 Å². The number of aromatic nitrogens is 3. The molecule has 0 bridgehead atoms. The van der Waals surface area contributed by atoms with Crippen LogP contribution in [0.15, 0.2) is 42.7 Å². The van der Waals surface area contributed by atoms with Gasteiger partial charge in [0.2, 0.25) is 5.82 Å². The van der Waals surface area contributed by atoms with E-state index in [1.54, 1.807) is 24.5 Å². The van der Waals surface area contributed by atoms with Gasteiger partial charge in [0.05, 0.1) is 20.7 Å². The SMILES string of the molecule is CC(C)(C)[S@](=O)N[C@H]1CCc2cc(Nc3nc(-n4cccn4)ccc3[N+](=O)[O-])cc(F)c21. The van der Waals surface area contributed by atoms with Crippen LogP contribution in [0.3, 0.4) is 0 Å². The number of nitrogens with one attached hydrogen (secondary N) is 2. The molecular formula is C21H23FN6O3S. The van der Waals surface area contributed by atoms with E-state index in [-0.39, 0.29) is 17.5 Å². The molecule has 1 aliphatic carbocycles. The highest BCUT2D eigenvalue weighted by Gasteiger charge is 2.31. The van der Waals surface area contributed by atoms with Crippen molar-refractivity contribution in [2.24, 2.45) is 0 Å². The summed E-state index contributed by atoms with van der Waals surface area (Å²) in [5, 5.41) is 18.5. The predicted octanol–water partition coefficient (Wildman–Crippen LogP) is 4.10. The van der Waals surface area contributed by atoms with Crippen LogP contribution >= 0.6 is 0 Å². The van der Waals surface area contributed by atoms with Gasteiger partial charge in [0.1, 0.15) is 5.82 Å². The first kappa shape index (κ1) is 22.0. The minimum Gasteiger partial charge on any atom is -0.334 e. The van der Waals surface area contributed by atoms with Crippen LogP contribution in [0, 0.1) is 15.9 Å². The highest BCUT2D eigenvalue weighted by Crippen LogP contribution is 2.37. The fourth-order valence-corrected chi connectivity index (χ4v) is 4.41. The Morgan fingerprint density at radius 1 is 1.31 bits per heavy atom. The van der Waals surface area contributed by atoms with Crippen LogP contribution < -0.4 is 10.0 Å². The number of benzene rings is 1. The number of aryl methyl sites for hydroxylation is 1. The van der Waals surface area contributed by atoms with Gasteiger partial charge in [-0.25, -0.2) is 23.0 Å². The van der Waals surface area contributed by atoms with E-state index in [9.17, 15) is 14.3 Å². The average Bonchev–Trinajstić information content (AvgIpc) is 3.37. The Balaban J connectivity index is 1.64. The quantitative estimate of drug-likeness (QED) is 0.425. The van der Waals surface area contributed by atoms with Crippen molar-refractivity contribution in [2.75, 3.05) is 5.32 Å². The van der Waals surface area contributed by atoms with Gasteiger partial charge in [0, 0.05) is 35.8 Å². The minimum atomic E-state index is -1.33. The highest BCUT2D eigenvalue weighted by atomic mass is 32.2. The summed E-state index contributed by atoms with van der Waals surface area (Å²) >= 11 is 0. The maximum atomic E-state index is 15.1. The Labute approximate surface area is 186 Å². The molecular weight excluding hydrogens is 435 g/mol. The third kappa shape index (κ3) is 4.39. The van der Waals surface area contributed by atoms with Gasteiger partial charge in [-0.05, 0) is 63.4 Å². The lowest BCUT2D eigenvalue weighted by atomic mass is 10.1. The summed E-state index contributed by atoms with van der Waals surface area (Å²) in [6.45, 7) is 5.56. The zero-order chi connectivity index (χ0) is 23.0. The molecule has 3 aromatic rings. The van der Waals surface area contributed by atoms with Gasteiger partial charge in [-0.2, -0.15) is 5.10 Å². The van der Waals surface area contributed by atoms with E-state index >= 15 is 4.39 Å². The van der Waals surface area contributed by atoms with Crippen molar-refractivity contribution in [3.63, 3.8) is 0 Å². The Morgan fingerprint density at radius 2 is 2.09 bits per heavy atom. The molecule has 0 unspecified atom stereocenters. The number of nitro groups is 1. The third-order valence-corrected chi connectivity index (χ3v) is 6.74. The average molecular weight is 459 g/mol. The number of hydrogen-bond donors (Lipinski definition) is 2. The molecule has 168 valence electrons. The fourth-order valence-electron chi connectivity index (χ4n) is 3.56. The summed E-state index contributed by atoms with van der Waals surface area (Å²) in [5.74, 6) is -0.0840. The zero-order valence-corrected chi connectivity index (χ0v) is 18.6. The van der Waals surface area contributed by atoms with Crippen molar-refractivity contribution in [1.29, 1.82) is 0 Å². The van der Waals surface area contributed by atoms with Gasteiger partial charge < -0.3 is 5.32 Å². The van der Waals surface area contributed by atoms with Crippen molar-refractivity contribution in [1.82, 2.24) is 19.5 Å². The smallest absolute Gasteiger partial charge is 0.311 e. The van der Waals surface area contributed by atoms with E-state index in [1.807, 2.05) is 20.8 Å². The van der Waals surface area contributed by atoms with Crippen molar-refractivity contribution in [2.45, 2.75) is 44.4 Å². The number of fused-ring (bicyclic) bond motifs is 1. The Bertz CT molecular complexity index is 1190. The number of anilines is 2. The van der Waals surface area contributed by atoms with Gasteiger partial charge >= 0.3 is 5.69 Å². The van der Waals surface area contributed by atoms with Gasteiger partial charge in [0.25, 0.3) is 0 Å². The zero-order valence-electron chi connectivity index (χ0n) is 17.8. The molecule has 9 nitrogen and oxygen atoms in total. The number of pyridine rings is 1. The van der Waals surface area contributed by atoms with E-state index in [0.717, 1.165) is 5.56 Å². The molecule has 2 heterocycles. The number of nitrogens with zero attached hydrogens (tertiary/aromatic N) is 4. The molecule has 4 rings (SSSR count). The van der Waals surface area contributed by atoms with Crippen molar-refractivity contribution in [3.8, 4) is 5.82 Å². The standard InChI is InChI=1S/C21H23FN6O3S/c1-21(2,3)32(31)26-16-6-5-13-11-14(12-15(22)19(13)16)24-20-17(28(29)30)7-8-18(25-20)27-10-4-9-23-27/h4,7-12,16,26H,5-6H2,1-3H3,(H,24,25)/t16-,32-/m0/s1. The molecule has 0 aliphatic heterocycles. The molecule has 0 saturated carbocycles. The highest BCUT2D eigenvalue weighted by molar-refractivity contribution is 7.84. The van der Waals surface area contributed by atoms with Crippen LogP contribution in [-0.4, -0.2) is 28.6 Å². The maximum absolute atomic E-state index is 15.1. The van der Waals surface area contributed by atoms with Crippen molar-refractivity contribution in [3.05, 3.63) is 69.8 Å². The Hall–Kier alpha value is -3.18. The van der Waals surface area contributed by atoms with E-state index in [2.05, 4.69) is 20.1 Å². The largest absolute Gasteiger partial charge is 0.334 e. The number of rotatable bonds is 6. The first-order chi connectivity index (χ1) is 15.1. The van der Waals surface area contributed by atoms with Crippen LogP contribution in [0.2, 0.25) is 0 Å². The Morgan fingerprint density at radius 3 is 2.75 bits per heavy atom. The third-order valence-electron chi connectivity index (χ3n) is 5.13. The first-order valence-corrected chi connectivity index (χ1v) is 11.2. The second-order valence-corrected chi connectivity index (χ2v) is 10.5. The molecule has 0 amide bonds. The van der Waals surface area contributed by atoms with Gasteiger partial charge in [-0.1, -0.05) is 0 Å². The molecule has 0 fully saturated rings.